The van der Waals surface area contributed by atoms with Crippen LogP contribution < -0.4 is 4.72 Å². The van der Waals surface area contributed by atoms with Crippen molar-refractivity contribution < 1.29 is 79.8 Å². The number of sulfonamides is 1. The van der Waals surface area contributed by atoms with Crippen LogP contribution in [0.1, 0.15) is 65.7 Å². The van der Waals surface area contributed by atoms with Crippen LogP contribution in [-0.4, -0.2) is 67.8 Å². The van der Waals surface area contributed by atoms with Crippen LogP contribution in [0.2, 0.25) is 0 Å². The number of unbranched alkanes of at least 4 members (excludes halogenated alkanes) is 1. The average Bonchev–Trinajstić information content (AvgIpc) is 2.71. The smallest absolute Gasteiger partial charge is 0.431 e. The molecule has 0 aliphatic heterocycles. The van der Waals surface area contributed by atoms with Crippen LogP contribution >= 0.6 is 0 Å². The maximum atomic E-state index is 14.0. The Morgan fingerprint density at radius 2 is 1.10 bits per heavy atom. The first-order valence-corrected chi connectivity index (χ1v) is 13.5. The molecule has 0 aliphatic carbocycles. The predicted octanol–water partition coefficient (Wildman–Crippen LogP) is 7.67. The van der Waals surface area contributed by atoms with Crippen LogP contribution in [0.15, 0.2) is 0 Å². The molecule has 248 valence electrons. The van der Waals surface area contributed by atoms with Crippen molar-refractivity contribution >= 4 is 16.0 Å². The van der Waals surface area contributed by atoms with Crippen molar-refractivity contribution in [2.75, 3.05) is 12.3 Å². The van der Waals surface area contributed by atoms with Gasteiger partial charge in [0, 0.05) is 25.8 Å². The number of halogens is 14. The first kappa shape index (κ1) is 41.5. The Morgan fingerprint density at radius 3 is 1.34 bits per heavy atom. The maximum Gasteiger partial charge on any atom is 0.431 e. The minimum absolute atomic E-state index is 0.0615. The lowest BCUT2D eigenvalue weighted by Gasteiger charge is -2.37. The van der Waals surface area contributed by atoms with Crippen molar-refractivity contribution in [2.24, 2.45) is 11.8 Å². The summed E-state index contributed by atoms with van der Waals surface area (Å²) >= 11 is 0. The van der Waals surface area contributed by atoms with Crippen LogP contribution in [0.3, 0.4) is 0 Å². The van der Waals surface area contributed by atoms with Crippen molar-refractivity contribution in [2.45, 2.75) is 102 Å². The fourth-order valence-corrected chi connectivity index (χ4v) is 4.50. The molecule has 0 saturated heterocycles. The molecule has 0 atom stereocenters. The average molecular weight is 660 g/mol. The molecule has 0 amide bonds. The van der Waals surface area contributed by atoms with Crippen LogP contribution in [0.4, 0.5) is 61.5 Å². The molecule has 0 aromatic heterocycles. The molecule has 0 fully saturated rings. The Hall–Kier alpha value is -1.60. The van der Waals surface area contributed by atoms with Crippen molar-refractivity contribution in [1.82, 2.24) is 4.72 Å². The van der Waals surface area contributed by atoms with Gasteiger partial charge in [-0.15, -0.1) is 0 Å². The van der Waals surface area contributed by atoms with Crippen molar-refractivity contribution in [3.05, 3.63) is 0 Å². The van der Waals surface area contributed by atoms with E-state index in [0.29, 0.717) is 6.42 Å². The molecule has 0 saturated carbocycles. The minimum atomic E-state index is -6.80. The lowest BCUT2D eigenvalue weighted by atomic mass is 9.80. The summed E-state index contributed by atoms with van der Waals surface area (Å²) in [6.07, 6.45) is -35.4. The van der Waals surface area contributed by atoms with Crippen LogP contribution in [-0.2, 0) is 14.8 Å². The van der Waals surface area contributed by atoms with Crippen molar-refractivity contribution in [1.29, 1.82) is 0 Å². The van der Waals surface area contributed by atoms with E-state index in [0.717, 1.165) is 0 Å². The van der Waals surface area contributed by atoms with E-state index in [1.807, 2.05) is 18.6 Å². The highest BCUT2D eigenvalue weighted by Gasteiger charge is 2.75. The zero-order valence-electron chi connectivity index (χ0n) is 21.9. The third-order valence-electron chi connectivity index (χ3n) is 5.37. The van der Waals surface area contributed by atoms with E-state index in [1.165, 1.54) is 0 Å². The topological polar surface area (TPSA) is 83.5 Å². The van der Waals surface area contributed by atoms with E-state index < -0.39 is 95.8 Å². The second-order valence-electron chi connectivity index (χ2n) is 9.57. The molecule has 5 nitrogen and oxygen atoms in total. The summed E-state index contributed by atoms with van der Waals surface area (Å²) in [5.74, 6) is -4.35. The Balaban J connectivity index is 0. The second-order valence-corrected chi connectivity index (χ2v) is 11.5. The van der Waals surface area contributed by atoms with Crippen molar-refractivity contribution in [3.8, 4) is 0 Å². The molecule has 0 unspecified atom stereocenters. The fraction of sp³-hybridized carbons (Fsp3) is 0.952. The third-order valence-corrected chi connectivity index (χ3v) is 6.84. The molecule has 20 heteroatoms. The third kappa shape index (κ3) is 13.5. The quantitative estimate of drug-likeness (QED) is 0.148. The largest absolute Gasteiger partial charge is 0.481 e. The number of aliphatic carboxylic acids is 1. The molecule has 0 aromatic rings. The number of rotatable bonds is 14. The van der Waals surface area contributed by atoms with Crippen LogP contribution in [0, 0.1) is 11.8 Å². The van der Waals surface area contributed by atoms with Gasteiger partial charge in [0.1, 0.15) is 0 Å². The Bertz CT molecular complexity index is 828. The highest BCUT2D eigenvalue weighted by atomic mass is 32.2. The summed E-state index contributed by atoms with van der Waals surface area (Å²) in [5.41, 5.74) is -12.5. The van der Waals surface area contributed by atoms with Crippen LogP contribution in [0.5, 0.6) is 0 Å². The van der Waals surface area contributed by atoms with Crippen molar-refractivity contribution in [3.63, 3.8) is 0 Å². The number of hydrogen-bond acceptors (Lipinski definition) is 3. The van der Waals surface area contributed by atoms with Gasteiger partial charge in [0.2, 0.25) is 10.0 Å². The first-order chi connectivity index (χ1) is 18.0. The van der Waals surface area contributed by atoms with Gasteiger partial charge in [-0.2, -0.15) is 52.7 Å². The summed E-state index contributed by atoms with van der Waals surface area (Å²) in [7, 11) is -4.02. The van der Waals surface area contributed by atoms with E-state index in [-0.39, 0.29) is 18.9 Å². The molecule has 0 radical (unpaired) electrons. The van der Waals surface area contributed by atoms with Gasteiger partial charge in [-0.1, -0.05) is 33.6 Å². The molecule has 0 aromatic carbocycles. The van der Waals surface area contributed by atoms with E-state index in [4.69, 9.17) is 5.11 Å². The number of carboxylic acids is 1. The number of carbonyl (C=O) groups is 1. The van der Waals surface area contributed by atoms with E-state index in [9.17, 15) is 74.7 Å². The van der Waals surface area contributed by atoms with Gasteiger partial charge < -0.3 is 5.11 Å². The highest BCUT2D eigenvalue weighted by Crippen LogP contribution is 2.55. The summed E-state index contributed by atoms with van der Waals surface area (Å²) in [6, 6.07) is 0. The maximum absolute atomic E-state index is 14.0. The monoisotopic (exact) mass is 659 g/mol. The first-order valence-electron chi connectivity index (χ1n) is 11.8. The van der Waals surface area contributed by atoms with E-state index in [2.05, 4.69) is 0 Å². The van der Waals surface area contributed by atoms with E-state index in [1.54, 1.807) is 6.92 Å². The van der Waals surface area contributed by atoms with E-state index >= 15 is 0 Å². The Morgan fingerprint density at radius 1 is 0.732 bits per heavy atom. The zero-order chi connectivity index (χ0) is 33.3. The molecule has 0 heterocycles. The van der Waals surface area contributed by atoms with Gasteiger partial charge in [-0.05, 0) is 24.7 Å². The normalized spacial score (nSPS) is 14.3. The summed E-state index contributed by atoms with van der Waals surface area (Å²) in [5, 5.41) is 8.08. The Labute approximate surface area is 227 Å². The molecule has 41 heavy (non-hydrogen) atoms. The fourth-order valence-electron chi connectivity index (χ4n) is 3.26. The zero-order valence-corrected chi connectivity index (χ0v) is 22.7. The molecule has 0 spiro atoms. The SMILES string of the molecule is CC(C)CC(=O)O.CCCNS(=O)(=O)CCCCC(CC(F)(C(F)(F)F)C(F)(F)F)CC(F)(C(F)(F)F)C(F)(F)F. The van der Waals surface area contributed by atoms with Gasteiger partial charge in [0.15, 0.2) is 0 Å². The summed E-state index contributed by atoms with van der Waals surface area (Å²) in [6.45, 7) is 5.26. The van der Waals surface area contributed by atoms with Gasteiger partial charge in [-0.25, -0.2) is 21.9 Å². The molecule has 0 bridgehead atoms. The lowest BCUT2D eigenvalue weighted by molar-refractivity contribution is -0.356. The summed E-state index contributed by atoms with van der Waals surface area (Å²) < 4.78 is 207. The van der Waals surface area contributed by atoms with Gasteiger partial charge in [0.25, 0.3) is 11.3 Å². The standard InChI is InChI=1S/C16H21F14NO2S.C5H10O2/c1-2-6-31-34(32,33)7-4-3-5-10(8-11(17,13(19,20)21)14(22,23)24)9-12(18,15(25,26)27)16(28,29)30;1-4(2)3-5(6)7/h10,31H,2-9H2,1H3;4H,3H2,1-2H3,(H,6,7). The molecular weight excluding hydrogens is 628 g/mol. The molecule has 0 rings (SSSR count). The number of hydrogen-bond donors (Lipinski definition) is 2. The lowest BCUT2D eigenvalue weighted by Crippen LogP contribution is -2.57. The molecular formula is C21H31F14NO4S. The predicted molar refractivity (Wildman–Crippen MR) is 118 cm³/mol. The molecule has 0 aliphatic rings. The minimum Gasteiger partial charge on any atom is -0.481 e. The number of carboxylic acid groups (broad SMARTS) is 1. The van der Waals surface area contributed by atoms with Gasteiger partial charge in [0.05, 0.1) is 5.75 Å². The Kier molecular flexibility index (Phi) is 15.4. The van der Waals surface area contributed by atoms with Crippen LogP contribution in [0.25, 0.3) is 0 Å². The van der Waals surface area contributed by atoms with Gasteiger partial charge >= 0.3 is 30.7 Å². The van der Waals surface area contributed by atoms with Gasteiger partial charge in [-0.3, -0.25) is 4.79 Å². The number of nitrogens with one attached hydrogen (secondary N) is 1. The number of alkyl halides is 14. The summed E-state index contributed by atoms with van der Waals surface area (Å²) in [4.78, 5) is 9.81. The second kappa shape index (κ2) is 15.2. The molecule has 2 N–H and O–H groups in total. The highest BCUT2D eigenvalue weighted by molar-refractivity contribution is 7.89.